The molecule has 0 fully saturated rings. The zero-order chi connectivity index (χ0) is 48.4. The SMILES string of the molecule is C=C(C)C(=O)OCC(C)(C)COC(=O)C(C)CSCCSCC(CSCC(C)C(=O)OCC(C)(C)COC(=O)C(=C)C)SCCSCC(C)C(=O)OCC(C)(C)COC(=O)C(=C)C. The van der Waals surface area contributed by atoms with Gasteiger partial charge in [-0.2, -0.15) is 58.8 Å². The van der Waals surface area contributed by atoms with E-state index in [2.05, 4.69) is 19.7 Å². The van der Waals surface area contributed by atoms with E-state index in [1.54, 1.807) is 56.1 Å². The Morgan fingerprint density at radius 2 is 0.667 bits per heavy atom. The minimum Gasteiger partial charge on any atom is -0.465 e. The molecule has 0 aliphatic carbocycles. The van der Waals surface area contributed by atoms with Crippen molar-refractivity contribution in [2.75, 3.05) is 91.4 Å². The fourth-order valence-electron chi connectivity index (χ4n) is 4.35. The Morgan fingerprint density at radius 1 is 0.413 bits per heavy atom. The molecule has 0 heterocycles. The summed E-state index contributed by atoms with van der Waals surface area (Å²) in [4.78, 5) is 73.6. The van der Waals surface area contributed by atoms with Gasteiger partial charge in [-0.05, 0) is 20.8 Å². The monoisotopic (exact) mass is 980 g/mol. The molecule has 0 rings (SSSR count). The van der Waals surface area contributed by atoms with Gasteiger partial charge in [0.25, 0.3) is 0 Å². The molecule has 0 aliphatic heterocycles. The molecule has 0 spiro atoms. The lowest BCUT2D eigenvalue weighted by molar-refractivity contribution is -0.154. The highest BCUT2D eigenvalue weighted by molar-refractivity contribution is 8.06. The molecule has 0 aromatic rings. The quantitative estimate of drug-likeness (QED) is 0.0256. The van der Waals surface area contributed by atoms with Crippen LogP contribution >= 0.6 is 58.8 Å². The zero-order valence-electron chi connectivity index (χ0n) is 40.0. The maximum absolute atomic E-state index is 12.9. The maximum Gasteiger partial charge on any atom is 0.333 e. The highest BCUT2D eigenvalue weighted by Gasteiger charge is 2.28. The predicted octanol–water partition coefficient (Wildman–Crippen LogP) is 9.00. The molecule has 0 aliphatic rings. The first-order valence-corrected chi connectivity index (χ1v) is 26.8. The summed E-state index contributed by atoms with van der Waals surface area (Å²) in [5, 5.41) is 0.325. The van der Waals surface area contributed by atoms with Gasteiger partial charge in [-0.1, -0.05) is 82.1 Å². The highest BCUT2D eigenvalue weighted by Crippen LogP contribution is 2.26. The molecule has 0 amide bonds. The summed E-state index contributed by atoms with van der Waals surface area (Å²) in [6, 6.07) is 0. The van der Waals surface area contributed by atoms with Crippen molar-refractivity contribution in [2.24, 2.45) is 34.0 Å². The van der Waals surface area contributed by atoms with Crippen LogP contribution in [0.25, 0.3) is 0 Å². The Hall–Kier alpha value is -2.21. The first-order chi connectivity index (χ1) is 29.2. The van der Waals surface area contributed by atoms with Crippen LogP contribution in [0.3, 0.4) is 0 Å². The standard InChI is InChI=1S/C46H76O12S5/c1-31(2)38(47)53-25-44(10,11)28-56-41(50)34(7)20-59-16-17-61-23-37(24-62-22-36(9)43(52)58-30-46(14,15)27-55-40(49)33(5)6)63-19-18-60-21-35(8)42(51)57-29-45(12,13)26-54-39(48)32(3)4/h34-37H,1,3,5,16-30H2,2,4,6-15H3. The van der Waals surface area contributed by atoms with Gasteiger partial charge in [0.05, 0.1) is 57.4 Å². The van der Waals surface area contributed by atoms with Crippen molar-refractivity contribution in [1.29, 1.82) is 0 Å². The van der Waals surface area contributed by atoms with E-state index in [0.29, 0.717) is 39.2 Å². The zero-order valence-corrected chi connectivity index (χ0v) is 44.1. The Balaban J connectivity index is 5.01. The van der Waals surface area contributed by atoms with Gasteiger partial charge < -0.3 is 28.4 Å². The molecular formula is C46H76O12S5. The van der Waals surface area contributed by atoms with Crippen molar-refractivity contribution in [2.45, 2.75) is 88.3 Å². The van der Waals surface area contributed by atoms with Gasteiger partial charge >= 0.3 is 35.8 Å². The van der Waals surface area contributed by atoms with E-state index in [1.807, 2.05) is 85.8 Å². The smallest absolute Gasteiger partial charge is 0.333 e. The number of carbonyl (C=O) groups excluding carboxylic acids is 6. The fourth-order valence-corrected chi connectivity index (χ4v) is 10.9. The van der Waals surface area contributed by atoms with Gasteiger partial charge in [0, 0.05) is 90.0 Å². The molecule has 0 N–H and O–H groups in total. The van der Waals surface area contributed by atoms with Gasteiger partial charge in [0.2, 0.25) is 0 Å². The van der Waals surface area contributed by atoms with E-state index >= 15 is 0 Å². The predicted molar refractivity (Wildman–Crippen MR) is 265 cm³/mol. The van der Waals surface area contributed by atoms with Gasteiger partial charge in [-0.25, -0.2) is 14.4 Å². The van der Waals surface area contributed by atoms with Crippen LogP contribution in [-0.2, 0) is 57.2 Å². The topological polar surface area (TPSA) is 158 Å². The summed E-state index contributed by atoms with van der Waals surface area (Å²) < 4.78 is 32.5. The Kier molecular flexibility index (Phi) is 30.6. The summed E-state index contributed by atoms with van der Waals surface area (Å²) in [5.74, 6) is 4.03. The van der Waals surface area contributed by atoms with E-state index in [0.717, 1.165) is 34.5 Å². The lowest BCUT2D eigenvalue weighted by Crippen LogP contribution is -2.30. The van der Waals surface area contributed by atoms with Crippen LogP contribution in [0.5, 0.6) is 0 Å². The number of carbonyl (C=O) groups is 6. The van der Waals surface area contributed by atoms with Crippen molar-refractivity contribution in [3.63, 3.8) is 0 Å². The molecular weight excluding hydrogens is 905 g/mol. The number of thioether (sulfide) groups is 5. The van der Waals surface area contributed by atoms with E-state index in [1.165, 1.54) is 0 Å². The van der Waals surface area contributed by atoms with Crippen molar-refractivity contribution in [3.05, 3.63) is 36.5 Å². The molecule has 0 aromatic heterocycles. The molecule has 0 saturated heterocycles. The molecule has 4 unspecified atom stereocenters. The first kappa shape index (κ1) is 60.8. The number of esters is 6. The van der Waals surface area contributed by atoms with Gasteiger partial charge in [0.1, 0.15) is 0 Å². The second-order valence-electron chi connectivity index (χ2n) is 18.3. The summed E-state index contributed by atoms with van der Waals surface area (Å²) in [5.41, 5.74) is -0.630. The van der Waals surface area contributed by atoms with Crippen molar-refractivity contribution in [3.8, 4) is 0 Å². The second kappa shape index (κ2) is 31.7. The summed E-state index contributed by atoms with van der Waals surface area (Å²) in [6.07, 6.45) is 0. The summed E-state index contributed by atoms with van der Waals surface area (Å²) in [7, 11) is 0. The average molecular weight is 981 g/mol. The lowest BCUT2D eigenvalue weighted by atomic mass is 9.96. The van der Waals surface area contributed by atoms with Crippen LogP contribution in [0, 0.1) is 34.0 Å². The fraction of sp³-hybridized carbons (Fsp3) is 0.739. The lowest BCUT2D eigenvalue weighted by Gasteiger charge is -2.24. The van der Waals surface area contributed by atoms with E-state index in [9.17, 15) is 28.8 Å². The Bertz CT molecular complexity index is 1510. The molecule has 63 heavy (non-hydrogen) atoms. The number of ether oxygens (including phenoxy) is 6. The van der Waals surface area contributed by atoms with Crippen LogP contribution in [-0.4, -0.2) is 132 Å². The van der Waals surface area contributed by atoms with Crippen molar-refractivity contribution in [1.82, 2.24) is 0 Å². The van der Waals surface area contributed by atoms with E-state index in [4.69, 9.17) is 28.4 Å². The van der Waals surface area contributed by atoms with Crippen molar-refractivity contribution < 1.29 is 57.2 Å². The number of hydrogen-bond acceptors (Lipinski definition) is 17. The molecule has 12 nitrogen and oxygen atoms in total. The first-order valence-electron chi connectivity index (χ1n) is 21.1. The third-order valence-corrected chi connectivity index (χ3v) is 15.7. The maximum atomic E-state index is 12.9. The average Bonchev–Trinajstić information content (AvgIpc) is 3.21. The minimum absolute atomic E-state index is 0.113. The van der Waals surface area contributed by atoms with E-state index < -0.39 is 34.2 Å². The van der Waals surface area contributed by atoms with Crippen LogP contribution in [0.1, 0.15) is 83.1 Å². The van der Waals surface area contributed by atoms with Gasteiger partial charge in [0.15, 0.2) is 0 Å². The third kappa shape index (κ3) is 30.6. The summed E-state index contributed by atoms with van der Waals surface area (Å²) in [6.45, 7) is 33.1. The molecule has 0 bridgehead atoms. The second-order valence-corrected chi connectivity index (χ2v) is 24.3. The Labute approximate surface area is 399 Å². The normalized spacial score (nSPS) is 13.7. The Morgan fingerprint density at radius 3 is 0.984 bits per heavy atom. The molecule has 17 heteroatoms. The largest absolute Gasteiger partial charge is 0.465 e. The third-order valence-electron chi connectivity index (χ3n) is 8.51. The van der Waals surface area contributed by atoms with Crippen LogP contribution < -0.4 is 0 Å². The molecule has 0 saturated carbocycles. The van der Waals surface area contributed by atoms with Gasteiger partial charge in [-0.3, -0.25) is 14.4 Å². The van der Waals surface area contributed by atoms with E-state index in [-0.39, 0.29) is 75.3 Å². The molecule has 4 atom stereocenters. The molecule has 0 radical (unpaired) electrons. The number of hydrogen-bond donors (Lipinski definition) is 0. The highest BCUT2D eigenvalue weighted by atomic mass is 32.2. The van der Waals surface area contributed by atoms with Crippen LogP contribution in [0.4, 0.5) is 0 Å². The summed E-state index contributed by atoms with van der Waals surface area (Å²) >= 11 is 8.89. The van der Waals surface area contributed by atoms with Crippen LogP contribution in [0.2, 0.25) is 0 Å². The molecule has 362 valence electrons. The molecule has 0 aromatic carbocycles. The van der Waals surface area contributed by atoms with Crippen molar-refractivity contribution >= 4 is 94.6 Å². The van der Waals surface area contributed by atoms with Crippen LogP contribution in [0.15, 0.2) is 36.5 Å². The number of rotatable bonds is 35. The minimum atomic E-state index is -0.539. The van der Waals surface area contributed by atoms with Gasteiger partial charge in [-0.15, -0.1) is 0 Å².